The highest BCUT2D eigenvalue weighted by Crippen LogP contribution is 2.35. The van der Waals surface area contributed by atoms with Crippen LogP contribution in [0.15, 0.2) is 85.0 Å². The second-order valence-corrected chi connectivity index (χ2v) is 7.26. The smallest absolute Gasteiger partial charge is 0.125 e. The molecule has 2 heteroatoms. The summed E-state index contributed by atoms with van der Waals surface area (Å²) >= 11 is 0. The molecule has 1 heterocycles. The maximum absolute atomic E-state index is 6.35. The first-order valence-corrected chi connectivity index (χ1v) is 10.2. The molecule has 1 aliphatic carbocycles. The highest BCUT2D eigenvalue weighted by atomic mass is 16.5. The Labute approximate surface area is 167 Å². The predicted molar refractivity (Wildman–Crippen MR) is 119 cm³/mol. The van der Waals surface area contributed by atoms with Crippen LogP contribution in [0.4, 0.5) is 5.69 Å². The van der Waals surface area contributed by atoms with Gasteiger partial charge in [-0.3, -0.25) is 0 Å². The summed E-state index contributed by atoms with van der Waals surface area (Å²) in [5.41, 5.74) is 6.10. The molecule has 0 bridgehead atoms. The molecule has 28 heavy (non-hydrogen) atoms. The van der Waals surface area contributed by atoms with Crippen LogP contribution in [-0.4, -0.2) is 6.54 Å². The first-order valence-electron chi connectivity index (χ1n) is 10.2. The number of hydrogen-bond donors (Lipinski definition) is 1. The minimum Gasteiger partial charge on any atom is -0.489 e. The quantitative estimate of drug-likeness (QED) is 0.667. The van der Waals surface area contributed by atoms with E-state index in [1.807, 2.05) is 12.1 Å². The summed E-state index contributed by atoms with van der Waals surface area (Å²) < 4.78 is 6.35. The topological polar surface area (TPSA) is 21.3 Å². The highest BCUT2D eigenvalue weighted by Gasteiger charge is 2.15. The zero-order chi connectivity index (χ0) is 19.0. The molecule has 2 nitrogen and oxygen atoms in total. The number of anilines is 1. The van der Waals surface area contributed by atoms with Crippen molar-refractivity contribution in [2.24, 2.45) is 0 Å². The number of ether oxygens (including phenoxy) is 1. The summed E-state index contributed by atoms with van der Waals surface area (Å²) in [5, 5.41) is 3.65. The number of hydrogen-bond acceptors (Lipinski definition) is 2. The average Bonchev–Trinajstić information content (AvgIpc) is 2.67. The van der Waals surface area contributed by atoms with Gasteiger partial charge in [0, 0.05) is 17.8 Å². The molecule has 0 spiro atoms. The Morgan fingerprint density at radius 3 is 2.64 bits per heavy atom. The molecule has 0 saturated carbocycles. The zero-order valence-electron chi connectivity index (χ0n) is 16.2. The second-order valence-electron chi connectivity index (χ2n) is 7.26. The van der Waals surface area contributed by atoms with E-state index in [1.54, 1.807) is 0 Å². The maximum atomic E-state index is 6.35. The minimum atomic E-state index is 0.592. The van der Waals surface area contributed by atoms with E-state index in [9.17, 15) is 0 Å². The van der Waals surface area contributed by atoms with Crippen molar-refractivity contribution in [1.82, 2.24) is 0 Å². The Hall–Kier alpha value is -3.00. The lowest BCUT2D eigenvalue weighted by Gasteiger charge is -2.21. The molecule has 0 unspecified atom stereocenters. The van der Waals surface area contributed by atoms with Gasteiger partial charge in [-0.1, -0.05) is 79.3 Å². The van der Waals surface area contributed by atoms with E-state index in [0.717, 1.165) is 18.7 Å². The van der Waals surface area contributed by atoms with Crippen molar-refractivity contribution < 1.29 is 4.74 Å². The van der Waals surface area contributed by atoms with E-state index in [2.05, 4.69) is 78.2 Å². The Bertz CT molecular complexity index is 919. The largest absolute Gasteiger partial charge is 0.489 e. The lowest BCUT2D eigenvalue weighted by atomic mass is 9.95. The lowest BCUT2D eigenvalue weighted by Crippen LogP contribution is -2.10. The number of allylic oxidation sites excluding steroid dienone is 8. The van der Waals surface area contributed by atoms with E-state index in [0.29, 0.717) is 6.61 Å². The molecule has 2 aliphatic rings. The molecule has 0 atom stereocenters. The Balaban J connectivity index is 1.70. The van der Waals surface area contributed by atoms with E-state index in [-0.39, 0.29) is 0 Å². The van der Waals surface area contributed by atoms with E-state index in [1.165, 1.54) is 47.2 Å². The van der Waals surface area contributed by atoms with Gasteiger partial charge in [0.15, 0.2) is 0 Å². The first kappa shape index (κ1) is 18.4. The van der Waals surface area contributed by atoms with Gasteiger partial charge >= 0.3 is 0 Å². The van der Waals surface area contributed by atoms with Crippen LogP contribution in [0, 0.1) is 0 Å². The molecular formula is C26H27NO. The van der Waals surface area contributed by atoms with E-state index in [4.69, 9.17) is 4.74 Å². The highest BCUT2D eigenvalue weighted by molar-refractivity contribution is 5.80. The van der Waals surface area contributed by atoms with Crippen LogP contribution in [0.3, 0.4) is 0 Å². The lowest BCUT2D eigenvalue weighted by molar-refractivity contribution is 0.302. The standard InChI is InChI=1S/C26H27NO/c1-2-8-14-22(15-9-3-1)23-18-25-24(16-10-5-11-17-27-25)26(19-23)28-20-21-12-6-4-7-13-21/h1-4,6-9,12-15,18-19,27H,5,10-11,16-17,20H2/b2-1?,3-1?,8-2?,9-3?,14-8-,15-9?,22-14?,22-15+. The second kappa shape index (κ2) is 9.27. The van der Waals surface area contributed by atoms with Gasteiger partial charge in [-0.25, -0.2) is 0 Å². The molecule has 0 fully saturated rings. The van der Waals surface area contributed by atoms with Crippen molar-refractivity contribution in [2.45, 2.75) is 32.3 Å². The van der Waals surface area contributed by atoms with Gasteiger partial charge in [0.05, 0.1) is 0 Å². The fourth-order valence-corrected chi connectivity index (χ4v) is 3.68. The third-order valence-electron chi connectivity index (χ3n) is 5.19. The van der Waals surface area contributed by atoms with E-state index < -0.39 is 0 Å². The number of nitrogens with one attached hydrogen (secondary N) is 1. The summed E-state index contributed by atoms with van der Waals surface area (Å²) in [5.74, 6) is 1.00. The molecule has 0 aromatic heterocycles. The Morgan fingerprint density at radius 2 is 1.71 bits per heavy atom. The van der Waals surface area contributed by atoms with Gasteiger partial charge in [-0.15, -0.1) is 0 Å². The van der Waals surface area contributed by atoms with Crippen molar-refractivity contribution >= 4 is 11.3 Å². The van der Waals surface area contributed by atoms with Crippen molar-refractivity contribution in [3.8, 4) is 5.75 Å². The number of fused-ring (bicyclic) bond motifs is 1. The summed E-state index contributed by atoms with van der Waals surface area (Å²) in [7, 11) is 0. The van der Waals surface area contributed by atoms with Gasteiger partial charge in [0.2, 0.25) is 0 Å². The third-order valence-corrected chi connectivity index (χ3v) is 5.19. The molecule has 1 aliphatic heterocycles. The number of benzene rings is 2. The molecule has 0 saturated heterocycles. The molecule has 0 amide bonds. The van der Waals surface area contributed by atoms with Crippen molar-refractivity contribution in [3.63, 3.8) is 0 Å². The fraction of sp³-hybridized carbons (Fsp3) is 0.231. The molecule has 2 aromatic rings. The van der Waals surface area contributed by atoms with E-state index >= 15 is 0 Å². The first-order chi connectivity index (χ1) is 13.9. The van der Waals surface area contributed by atoms with Gasteiger partial charge < -0.3 is 10.1 Å². The molecule has 1 N–H and O–H groups in total. The molecule has 4 rings (SSSR count). The Kier molecular flexibility index (Phi) is 6.08. The van der Waals surface area contributed by atoms with Crippen LogP contribution < -0.4 is 10.1 Å². The van der Waals surface area contributed by atoms with Crippen LogP contribution in [0.2, 0.25) is 0 Å². The van der Waals surface area contributed by atoms with Gasteiger partial charge in [0.25, 0.3) is 0 Å². The van der Waals surface area contributed by atoms with Crippen molar-refractivity contribution in [2.75, 3.05) is 11.9 Å². The fourth-order valence-electron chi connectivity index (χ4n) is 3.68. The van der Waals surface area contributed by atoms with Crippen LogP contribution in [0.25, 0.3) is 5.57 Å². The van der Waals surface area contributed by atoms with Crippen molar-refractivity contribution in [1.29, 1.82) is 0 Å². The zero-order valence-corrected chi connectivity index (χ0v) is 16.2. The number of rotatable bonds is 4. The van der Waals surface area contributed by atoms with Gasteiger partial charge in [-0.2, -0.15) is 0 Å². The average molecular weight is 370 g/mol. The molecule has 142 valence electrons. The minimum absolute atomic E-state index is 0.592. The summed E-state index contributed by atoms with van der Waals surface area (Å²) in [6.07, 6.45) is 19.4. The Morgan fingerprint density at radius 1 is 0.857 bits per heavy atom. The third kappa shape index (κ3) is 4.64. The normalized spacial score (nSPS) is 19.1. The molecule has 2 aromatic carbocycles. The summed E-state index contributed by atoms with van der Waals surface area (Å²) in [4.78, 5) is 0. The summed E-state index contributed by atoms with van der Waals surface area (Å²) in [6, 6.07) is 14.9. The molecular weight excluding hydrogens is 342 g/mol. The van der Waals surface area contributed by atoms with Crippen LogP contribution in [0.1, 0.15) is 36.0 Å². The maximum Gasteiger partial charge on any atom is 0.125 e. The van der Waals surface area contributed by atoms with Gasteiger partial charge in [-0.05, 0) is 48.1 Å². The van der Waals surface area contributed by atoms with Crippen LogP contribution in [0.5, 0.6) is 5.75 Å². The van der Waals surface area contributed by atoms with Crippen LogP contribution >= 0.6 is 0 Å². The SMILES string of the molecule is C1=C/C=C\C(c2cc3c(c(OCc4ccccc4)c2)CCCCCN3)=C/C=C1. The molecule has 0 radical (unpaired) electrons. The van der Waals surface area contributed by atoms with Gasteiger partial charge in [0.1, 0.15) is 12.4 Å². The monoisotopic (exact) mass is 369 g/mol. The van der Waals surface area contributed by atoms with Crippen molar-refractivity contribution in [3.05, 3.63) is 102 Å². The predicted octanol–water partition coefficient (Wildman–Crippen LogP) is 6.47. The van der Waals surface area contributed by atoms with Crippen LogP contribution in [-0.2, 0) is 13.0 Å². The summed E-state index contributed by atoms with van der Waals surface area (Å²) in [6.45, 7) is 1.61.